The van der Waals surface area contributed by atoms with E-state index < -0.39 is 0 Å². The van der Waals surface area contributed by atoms with E-state index in [-0.39, 0.29) is 18.1 Å². The van der Waals surface area contributed by atoms with Gasteiger partial charge in [0, 0.05) is 37.8 Å². The summed E-state index contributed by atoms with van der Waals surface area (Å²) in [7, 11) is 1.63. The van der Waals surface area contributed by atoms with Crippen LogP contribution in [0, 0.1) is 5.92 Å². The van der Waals surface area contributed by atoms with Crippen molar-refractivity contribution in [2.45, 2.75) is 6.42 Å². The molecule has 3 rings (SSSR count). The second-order valence-corrected chi connectivity index (χ2v) is 6.76. The highest BCUT2D eigenvalue weighted by atomic mass is 35.5. The predicted octanol–water partition coefficient (Wildman–Crippen LogP) is 1.46. The molecule has 2 heterocycles. The lowest BCUT2D eigenvalue weighted by atomic mass is 10.1. The Morgan fingerprint density at radius 3 is 2.88 bits per heavy atom. The molecular weight excluding hydrogens is 356 g/mol. The summed E-state index contributed by atoms with van der Waals surface area (Å²) in [5, 5.41) is 7.57. The largest absolute Gasteiger partial charge is 0.484 e. The van der Waals surface area contributed by atoms with Gasteiger partial charge in [0.25, 0.3) is 11.5 Å². The minimum Gasteiger partial charge on any atom is -0.484 e. The molecule has 1 aliphatic rings. The molecule has 1 N–H and O–H groups in total. The molecule has 0 spiro atoms. The molecule has 1 aliphatic heterocycles. The van der Waals surface area contributed by atoms with Crippen molar-refractivity contribution >= 4 is 23.2 Å². The monoisotopic (exact) mass is 376 g/mol. The smallest absolute Gasteiger partial charge is 0.268 e. The molecule has 0 bridgehead atoms. The fourth-order valence-corrected chi connectivity index (χ4v) is 2.98. The van der Waals surface area contributed by atoms with Crippen LogP contribution in [0.3, 0.4) is 0 Å². The lowest BCUT2D eigenvalue weighted by molar-refractivity contribution is -0.123. The molecule has 2 aromatic rings. The van der Waals surface area contributed by atoms with Crippen molar-refractivity contribution in [1.82, 2.24) is 15.1 Å². The van der Waals surface area contributed by atoms with Gasteiger partial charge >= 0.3 is 0 Å². The Balaban J connectivity index is 1.42. The van der Waals surface area contributed by atoms with Crippen LogP contribution < -0.4 is 20.5 Å². The van der Waals surface area contributed by atoms with Crippen molar-refractivity contribution in [1.29, 1.82) is 0 Å². The highest BCUT2D eigenvalue weighted by molar-refractivity contribution is 6.30. The van der Waals surface area contributed by atoms with Gasteiger partial charge in [-0.15, -0.1) is 0 Å². The van der Waals surface area contributed by atoms with Crippen LogP contribution in [0.4, 0.5) is 5.69 Å². The first-order valence-electron chi connectivity index (χ1n) is 8.44. The van der Waals surface area contributed by atoms with Crippen LogP contribution in [-0.4, -0.2) is 41.9 Å². The van der Waals surface area contributed by atoms with Gasteiger partial charge in [-0.2, -0.15) is 5.10 Å². The van der Waals surface area contributed by atoms with Gasteiger partial charge in [0.15, 0.2) is 6.61 Å². The summed E-state index contributed by atoms with van der Waals surface area (Å²) in [6, 6.07) is 8.47. The molecule has 0 saturated carbocycles. The van der Waals surface area contributed by atoms with Gasteiger partial charge in [0.2, 0.25) is 0 Å². The van der Waals surface area contributed by atoms with Crippen LogP contribution in [0.5, 0.6) is 5.75 Å². The van der Waals surface area contributed by atoms with E-state index in [4.69, 9.17) is 16.3 Å². The molecule has 0 aliphatic carbocycles. The van der Waals surface area contributed by atoms with E-state index in [1.807, 2.05) is 0 Å². The number of nitrogens with one attached hydrogen (secondary N) is 1. The highest BCUT2D eigenvalue weighted by Gasteiger charge is 2.23. The number of halogens is 1. The topological polar surface area (TPSA) is 76.5 Å². The van der Waals surface area contributed by atoms with Crippen molar-refractivity contribution in [2.24, 2.45) is 13.0 Å². The van der Waals surface area contributed by atoms with Crippen LogP contribution in [0.25, 0.3) is 0 Å². The summed E-state index contributed by atoms with van der Waals surface area (Å²) < 4.78 is 6.73. The van der Waals surface area contributed by atoms with Gasteiger partial charge < -0.3 is 15.0 Å². The second-order valence-electron chi connectivity index (χ2n) is 6.32. The molecule has 1 aromatic heterocycles. The summed E-state index contributed by atoms with van der Waals surface area (Å²) in [5.74, 6) is 0.780. The normalized spacial score (nSPS) is 16.5. The van der Waals surface area contributed by atoms with Crippen LogP contribution in [0.1, 0.15) is 6.42 Å². The van der Waals surface area contributed by atoms with Crippen LogP contribution >= 0.6 is 11.6 Å². The summed E-state index contributed by atoms with van der Waals surface area (Å²) in [6.45, 7) is 2.18. The maximum absolute atomic E-state index is 11.9. The lowest BCUT2D eigenvalue weighted by Gasteiger charge is -2.18. The number of ether oxygens (including phenoxy) is 1. The van der Waals surface area contributed by atoms with E-state index in [2.05, 4.69) is 15.3 Å². The zero-order valence-corrected chi connectivity index (χ0v) is 15.3. The zero-order valence-electron chi connectivity index (χ0n) is 14.5. The SMILES string of the molecule is Cn1ncc(N2CC[C@H](CNC(=O)COc3ccc(Cl)cc3)C2)cc1=O. The third-order valence-corrected chi connectivity index (χ3v) is 4.63. The number of rotatable bonds is 6. The lowest BCUT2D eigenvalue weighted by Crippen LogP contribution is -2.34. The molecule has 1 aromatic carbocycles. The van der Waals surface area contributed by atoms with Crippen molar-refractivity contribution in [3.8, 4) is 5.75 Å². The van der Waals surface area contributed by atoms with E-state index in [0.717, 1.165) is 25.2 Å². The fraction of sp³-hybridized carbons (Fsp3) is 0.389. The molecule has 0 unspecified atom stereocenters. The number of amides is 1. The molecule has 0 radical (unpaired) electrons. The van der Waals surface area contributed by atoms with Gasteiger partial charge in [0.1, 0.15) is 5.75 Å². The number of benzene rings is 1. The fourth-order valence-electron chi connectivity index (χ4n) is 2.86. The van der Waals surface area contributed by atoms with E-state index in [0.29, 0.717) is 23.2 Å². The maximum atomic E-state index is 11.9. The first-order chi connectivity index (χ1) is 12.5. The average Bonchev–Trinajstić information content (AvgIpc) is 3.11. The van der Waals surface area contributed by atoms with Gasteiger partial charge in [-0.25, -0.2) is 4.68 Å². The van der Waals surface area contributed by atoms with Crippen molar-refractivity contribution < 1.29 is 9.53 Å². The van der Waals surface area contributed by atoms with Gasteiger partial charge in [-0.3, -0.25) is 9.59 Å². The van der Waals surface area contributed by atoms with E-state index in [1.165, 1.54) is 4.68 Å². The Morgan fingerprint density at radius 2 is 2.15 bits per heavy atom. The summed E-state index contributed by atoms with van der Waals surface area (Å²) in [6.07, 6.45) is 2.65. The number of aromatic nitrogens is 2. The maximum Gasteiger partial charge on any atom is 0.268 e. The quantitative estimate of drug-likeness (QED) is 0.825. The number of hydrogen-bond donors (Lipinski definition) is 1. The number of carbonyl (C=O) groups excluding carboxylic acids is 1. The average molecular weight is 377 g/mol. The zero-order chi connectivity index (χ0) is 18.5. The van der Waals surface area contributed by atoms with Crippen molar-refractivity contribution in [3.05, 3.63) is 51.9 Å². The van der Waals surface area contributed by atoms with E-state index in [9.17, 15) is 9.59 Å². The molecule has 7 nitrogen and oxygen atoms in total. The van der Waals surface area contributed by atoms with Gasteiger partial charge in [-0.1, -0.05) is 11.6 Å². The van der Waals surface area contributed by atoms with E-state index >= 15 is 0 Å². The molecule has 8 heteroatoms. The molecule has 1 saturated heterocycles. The van der Waals surface area contributed by atoms with Gasteiger partial charge in [-0.05, 0) is 36.6 Å². The number of anilines is 1. The predicted molar refractivity (Wildman–Crippen MR) is 99.8 cm³/mol. The number of carbonyl (C=O) groups is 1. The molecular formula is C18H21ClN4O3. The molecule has 1 amide bonds. The molecule has 1 atom stereocenters. The Morgan fingerprint density at radius 1 is 1.38 bits per heavy atom. The summed E-state index contributed by atoms with van der Waals surface area (Å²) in [4.78, 5) is 25.8. The minimum atomic E-state index is -0.159. The molecule has 26 heavy (non-hydrogen) atoms. The Kier molecular flexibility index (Phi) is 5.78. The minimum absolute atomic E-state index is 0.0310. The van der Waals surface area contributed by atoms with Gasteiger partial charge in [0.05, 0.1) is 11.9 Å². The molecule has 1 fully saturated rings. The van der Waals surface area contributed by atoms with Crippen molar-refractivity contribution in [2.75, 3.05) is 31.1 Å². The summed E-state index contributed by atoms with van der Waals surface area (Å²) >= 11 is 5.81. The first kappa shape index (κ1) is 18.3. The Labute approximate surface area is 156 Å². The summed E-state index contributed by atoms with van der Waals surface area (Å²) in [5.41, 5.74) is 0.701. The number of hydrogen-bond acceptors (Lipinski definition) is 5. The Bertz CT molecular complexity index is 822. The van der Waals surface area contributed by atoms with Crippen molar-refractivity contribution in [3.63, 3.8) is 0 Å². The van der Waals surface area contributed by atoms with Crippen LogP contribution in [0.2, 0.25) is 5.02 Å². The standard InChI is InChI=1S/C18H21ClN4O3/c1-22-18(25)8-15(10-21-22)23-7-6-13(11-23)9-20-17(24)12-26-16-4-2-14(19)3-5-16/h2-5,8,10,13H,6-7,9,11-12H2,1H3,(H,20,24)/t13-/m1/s1. The number of aryl methyl sites for hydroxylation is 1. The third-order valence-electron chi connectivity index (χ3n) is 4.38. The Hall–Kier alpha value is -2.54. The van der Waals surface area contributed by atoms with Crippen LogP contribution in [0.15, 0.2) is 41.3 Å². The van der Waals surface area contributed by atoms with E-state index in [1.54, 1.807) is 43.6 Å². The molecule has 138 valence electrons. The first-order valence-corrected chi connectivity index (χ1v) is 8.82. The second kappa shape index (κ2) is 8.23. The number of nitrogens with zero attached hydrogens (tertiary/aromatic N) is 3. The third kappa shape index (κ3) is 4.76. The highest BCUT2D eigenvalue weighted by Crippen LogP contribution is 2.21. The van der Waals surface area contributed by atoms with Crippen LogP contribution in [-0.2, 0) is 11.8 Å².